The molecule has 0 spiro atoms. The molecule has 1 aliphatic carbocycles. The number of hydrogen-bond acceptors (Lipinski definition) is 3. The molecule has 1 heterocycles. The predicted octanol–water partition coefficient (Wildman–Crippen LogP) is 3.66. The SMILES string of the molecule is CC(CNC1CCc2c(F)cccc21)c1nccs1. The van der Waals surface area contributed by atoms with Crippen molar-refractivity contribution in [3.8, 4) is 0 Å². The summed E-state index contributed by atoms with van der Waals surface area (Å²) in [5.74, 6) is 0.340. The minimum atomic E-state index is -0.0604. The zero-order valence-corrected chi connectivity index (χ0v) is 11.7. The Morgan fingerprint density at radius 2 is 2.42 bits per heavy atom. The maximum atomic E-state index is 13.7. The molecule has 2 unspecified atom stereocenters. The van der Waals surface area contributed by atoms with Crippen LogP contribution in [0.1, 0.15) is 41.4 Å². The van der Waals surface area contributed by atoms with Gasteiger partial charge >= 0.3 is 0 Å². The zero-order chi connectivity index (χ0) is 13.2. The van der Waals surface area contributed by atoms with Crippen molar-refractivity contribution in [2.24, 2.45) is 0 Å². The molecule has 0 radical (unpaired) electrons. The highest BCUT2D eigenvalue weighted by atomic mass is 32.1. The van der Waals surface area contributed by atoms with Crippen molar-refractivity contribution < 1.29 is 4.39 Å². The average Bonchev–Trinajstić information content (AvgIpc) is 3.06. The van der Waals surface area contributed by atoms with E-state index in [1.165, 1.54) is 0 Å². The summed E-state index contributed by atoms with van der Waals surface area (Å²) in [6.07, 6.45) is 3.67. The fourth-order valence-corrected chi connectivity index (χ4v) is 3.40. The Morgan fingerprint density at radius 1 is 1.53 bits per heavy atom. The van der Waals surface area contributed by atoms with Crippen molar-refractivity contribution in [3.05, 3.63) is 51.7 Å². The van der Waals surface area contributed by atoms with E-state index in [1.54, 1.807) is 23.5 Å². The highest BCUT2D eigenvalue weighted by Crippen LogP contribution is 2.33. The second kappa shape index (κ2) is 5.39. The van der Waals surface area contributed by atoms with Crippen LogP contribution in [0.2, 0.25) is 0 Å². The second-order valence-corrected chi connectivity index (χ2v) is 6.00. The van der Waals surface area contributed by atoms with Gasteiger partial charge in [0.2, 0.25) is 0 Å². The quantitative estimate of drug-likeness (QED) is 0.921. The van der Waals surface area contributed by atoms with Crippen molar-refractivity contribution in [3.63, 3.8) is 0 Å². The van der Waals surface area contributed by atoms with Crippen LogP contribution in [0.15, 0.2) is 29.8 Å². The fourth-order valence-electron chi connectivity index (χ4n) is 2.71. The van der Waals surface area contributed by atoms with E-state index in [-0.39, 0.29) is 11.9 Å². The standard InChI is InChI=1S/C15H17FN2S/c1-10(15-17-7-8-19-15)9-18-14-6-5-11-12(14)3-2-4-13(11)16/h2-4,7-8,10,14,18H,5-6,9H2,1H3. The molecule has 0 saturated carbocycles. The number of fused-ring (bicyclic) bond motifs is 1. The van der Waals surface area contributed by atoms with Gasteiger partial charge in [-0.1, -0.05) is 19.1 Å². The van der Waals surface area contributed by atoms with Gasteiger partial charge in [0.1, 0.15) is 5.82 Å². The lowest BCUT2D eigenvalue weighted by molar-refractivity contribution is 0.503. The van der Waals surface area contributed by atoms with Gasteiger partial charge in [0.25, 0.3) is 0 Å². The van der Waals surface area contributed by atoms with Gasteiger partial charge in [-0.05, 0) is 30.0 Å². The van der Waals surface area contributed by atoms with E-state index in [1.807, 2.05) is 17.6 Å². The Bertz CT molecular complexity index is 553. The topological polar surface area (TPSA) is 24.9 Å². The van der Waals surface area contributed by atoms with Crippen LogP contribution < -0.4 is 5.32 Å². The molecule has 2 aromatic rings. The van der Waals surface area contributed by atoms with Gasteiger partial charge in [-0.3, -0.25) is 0 Å². The first kappa shape index (κ1) is 12.8. The maximum Gasteiger partial charge on any atom is 0.126 e. The lowest BCUT2D eigenvalue weighted by Crippen LogP contribution is -2.24. The van der Waals surface area contributed by atoms with E-state index in [0.29, 0.717) is 5.92 Å². The lowest BCUT2D eigenvalue weighted by Gasteiger charge is -2.17. The third-order valence-corrected chi connectivity index (χ3v) is 4.76. The first-order chi connectivity index (χ1) is 9.25. The minimum Gasteiger partial charge on any atom is -0.309 e. The van der Waals surface area contributed by atoms with E-state index in [2.05, 4.69) is 17.2 Å². The van der Waals surface area contributed by atoms with Gasteiger partial charge in [-0.25, -0.2) is 9.37 Å². The number of aromatic nitrogens is 1. The van der Waals surface area contributed by atoms with Crippen LogP contribution in [-0.2, 0) is 6.42 Å². The van der Waals surface area contributed by atoms with Crippen LogP contribution >= 0.6 is 11.3 Å². The molecule has 2 atom stereocenters. The Labute approximate surface area is 116 Å². The molecule has 1 aromatic carbocycles. The molecule has 0 bridgehead atoms. The molecular formula is C15H17FN2S. The van der Waals surface area contributed by atoms with Crippen molar-refractivity contribution in [1.29, 1.82) is 0 Å². The van der Waals surface area contributed by atoms with Gasteiger partial charge in [-0.15, -0.1) is 11.3 Å². The summed E-state index contributed by atoms with van der Waals surface area (Å²) in [4.78, 5) is 4.34. The molecule has 1 N–H and O–H groups in total. The van der Waals surface area contributed by atoms with E-state index < -0.39 is 0 Å². The van der Waals surface area contributed by atoms with Gasteiger partial charge < -0.3 is 5.32 Å². The van der Waals surface area contributed by atoms with Crippen LogP contribution in [0.5, 0.6) is 0 Å². The molecule has 19 heavy (non-hydrogen) atoms. The van der Waals surface area contributed by atoms with Gasteiger partial charge in [-0.2, -0.15) is 0 Å². The number of hydrogen-bond donors (Lipinski definition) is 1. The van der Waals surface area contributed by atoms with E-state index in [4.69, 9.17) is 0 Å². The third kappa shape index (κ3) is 2.55. The molecule has 1 aromatic heterocycles. The molecule has 3 rings (SSSR count). The Balaban J connectivity index is 1.66. The highest BCUT2D eigenvalue weighted by molar-refractivity contribution is 7.09. The summed E-state index contributed by atoms with van der Waals surface area (Å²) < 4.78 is 13.7. The normalized spacial score (nSPS) is 19.4. The molecule has 0 aliphatic heterocycles. The summed E-state index contributed by atoms with van der Waals surface area (Å²) in [5.41, 5.74) is 2.02. The van der Waals surface area contributed by atoms with Crippen LogP contribution in [0.25, 0.3) is 0 Å². The smallest absolute Gasteiger partial charge is 0.126 e. The molecule has 100 valence electrons. The first-order valence-electron chi connectivity index (χ1n) is 6.65. The third-order valence-electron chi connectivity index (χ3n) is 3.76. The summed E-state index contributed by atoms with van der Waals surface area (Å²) in [6.45, 7) is 3.06. The Morgan fingerprint density at radius 3 is 3.21 bits per heavy atom. The Hall–Kier alpha value is -1.26. The molecule has 2 nitrogen and oxygen atoms in total. The van der Waals surface area contributed by atoms with Crippen molar-refractivity contribution in [1.82, 2.24) is 10.3 Å². The number of nitrogens with one attached hydrogen (secondary N) is 1. The second-order valence-electron chi connectivity index (χ2n) is 5.08. The summed E-state index contributed by atoms with van der Waals surface area (Å²) >= 11 is 1.69. The molecule has 0 amide bonds. The van der Waals surface area contributed by atoms with Gasteiger partial charge in [0.15, 0.2) is 0 Å². The zero-order valence-electron chi connectivity index (χ0n) is 10.9. The number of nitrogens with zero attached hydrogens (tertiary/aromatic N) is 1. The summed E-state index contributed by atoms with van der Waals surface area (Å²) in [6, 6.07) is 5.68. The largest absolute Gasteiger partial charge is 0.309 e. The summed E-state index contributed by atoms with van der Waals surface area (Å²) in [5, 5.41) is 6.72. The minimum absolute atomic E-state index is 0.0604. The monoisotopic (exact) mass is 276 g/mol. The first-order valence-corrected chi connectivity index (χ1v) is 7.53. The van der Waals surface area contributed by atoms with Crippen LogP contribution in [0, 0.1) is 5.82 Å². The number of benzene rings is 1. The van der Waals surface area contributed by atoms with Crippen molar-refractivity contribution >= 4 is 11.3 Å². The lowest BCUT2D eigenvalue weighted by atomic mass is 10.1. The number of thiazole rings is 1. The number of halogens is 1. The van der Waals surface area contributed by atoms with Crippen molar-refractivity contribution in [2.45, 2.75) is 31.7 Å². The van der Waals surface area contributed by atoms with Crippen LogP contribution in [0.4, 0.5) is 4.39 Å². The molecule has 1 aliphatic rings. The highest BCUT2D eigenvalue weighted by Gasteiger charge is 2.24. The van der Waals surface area contributed by atoms with Gasteiger partial charge in [0, 0.05) is 30.1 Å². The van der Waals surface area contributed by atoms with E-state index >= 15 is 0 Å². The molecule has 4 heteroatoms. The van der Waals surface area contributed by atoms with Crippen molar-refractivity contribution in [2.75, 3.05) is 6.54 Å². The molecular weight excluding hydrogens is 259 g/mol. The van der Waals surface area contributed by atoms with E-state index in [9.17, 15) is 4.39 Å². The van der Waals surface area contributed by atoms with Gasteiger partial charge in [0.05, 0.1) is 5.01 Å². The van der Waals surface area contributed by atoms with Crippen LogP contribution in [-0.4, -0.2) is 11.5 Å². The van der Waals surface area contributed by atoms with E-state index in [0.717, 1.165) is 35.5 Å². The number of rotatable bonds is 4. The Kier molecular flexibility index (Phi) is 3.62. The fraction of sp³-hybridized carbons (Fsp3) is 0.400. The molecule has 0 fully saturated rings. The van der Waals surface area contributed by atoms with Crippen LogP contribution in [0.3, 0.4) is 0 Å². The maximum absolute atomic E-state index is 13.7. The predicted molar refractivity (Wildman–Crippen MR) is 76.0 cm³/mol. The summed E-state index contributed by atoms with van der Waals surface area (Å²) in [7, 11) is 0. The average molecular weight is 276 g/mol. The molecule has 0 saturated heterocycles.